The minimum atomic E-state index is -0.176. The molecule has 0 unspecified atom stereocenters. The molecule has 62 valence electrons. The Balaban J connectivity index is 2.97. The SMILES string of the molecule is Nc1cc(C#CCO)cnc1N. The van der Waals surface area contributed by atoms with Gasteiger partial charge >= 0.3 is 0 Å². The number of aliphatic hydroxyl groups excluding tert-OH is 1. The van der Waals surface area contributed by atoms with E-state index < -0.39 is 0 Å². The van der Waals surface area contributed by atoms with Crippen molar-refractivity contribution in [3.05, 3.63) is 17.8 Å². The van der Waals surface area contributed by atoms with E-state index in [1.165, 1.54) is 6.20 Å². The predicted molar refractivity (Wildman–Crippen MR) is 47.0 cm³/mol. The smallest absolute Gasteiger partial charge is 0.146 e. The molecule has 5 N–H and O–H groups in total. The minimum Gasteiger partial charge on any atom is -0.396 e. The van der Waals surface area contributed by atoms with Crippen LogP contribution in [0.5, 0.6) is 0 Å². The Labute approximate surface area is 70.2 Å². The van der Waals surface area contributed by atoms with E-state index in [9.17, 15) is 0 Å². The number of pyridine rings is 1. The second kappa shape index (κ2) is 3.60. The van der Waals surface area contributed by atoms with Crippen LogP contribution in [-0.2, 0) is 0 Å². The lowest BCUT2D eigenvalue weighted by Gasteiger charge is -1.97. The summed E-state index contributed by atoms with van der Waals surface area (Å²) in [7, 11) is 0. The molecule has 0 spiro atoms. The van der Waals surface area contributed by atoms with Crippen LogP contribution in [-0.4, -0.2) is 16.7 Å². The largest absolute Gasteiger partial charge is 0.396 e. The van der Waals surface area contributed by atoms with Crippen molar-refractivity contribution in [3.63, 3.8) is 0 Å². The van der Waals surface area contributed by atoms with E-state index in [1.54, 1.807) is 6.07 Å². The topological polar surface area (TPSA) is 85.2 Å². The first-order chi connectivity index (χ1) is 5.74. The number of anilines is 2. The van der Waals surface area contributed by atoms with Crippen LogP contribution in [0.3, 0.4) is 0 Å². The lowest BCUT2D eigenvalue weighted by atomic mass is 10.2. The predicted octanol–water partition coefficient (Wildman–Crippen LogP) is -0.410. The molecule has 4 heteroatoms. The first-order valence-electron chi connectivity index (χ1n) is 3.34. The molecule has 1 rings (SSSR count). The Hall–Kier alpha value is -1.73. The molecule has 0 saturated heterocycles. The van der Waals surface area contributed by atoms with Crippen molar-refractivity contribution in [2.45, 2.75) is 0 Å². The molecule has 0 saturated carbocycles. The van der Waals surface area contributed by atoms with Crippen molar-refractivity contribution in [1.29, 1.82) is 0 Å². The number of rotatable bonds is 0. The summed E-state index contributed by atoms with van der Waals surface area (Å²) < 4.78 is 0. The van der Waals surface area contributed by atoms with Gasteiger partial charge in [0.2, 0.25) is 0 Å². The highest BCUT2D eigenvalue weighted by atomic mass is 16.2. The van der Waals surface area contributed by atoms with Gasteiger partial charge in [0, 0.05) is 11.8 Å². The molecule has 0 radical (unpaired) electrons. The Morgan fingerprint density at radius 3 is 2.83 bits per heavy atom. The van der Waals surface area contributed by atoms with Crippen LogP contribution >= 0.6 is 0 Å². The van der Waals surface area contributed by atoms with Crippen molar-refractivity contribution >= 4 is 11.5 Å². The number of aliphatic hydroxyl groups is 1. The van der Waals surface area contributed by atoms with Gasteiger partial charge in [0.05, 0.1) is 5.69 Å². The van der Waals surface area contributed by atoms with Gasteiger partial charge in [-0.25, -0.2) is 4.98 Å². The minimum absolute atomic E-state index is 0.176. The summed E-state index contributed by atoms with van der Waals surface area (Å²) >= 11 is 0. The molecule has 0 aliphatic rings. The van der Waals surface area contributed by atoms with Gasteiger partial charge in [-0.1, -0.05) is 11.8 Å². The van der Waals surface area contributed by atoms with Gasteiger partial charge < -0.3 is 16.6 Å². The first-order valence-corrected chi connectivity index (χ1v) is 3.34. The third kappa shape index (κ3) is 1.87. The summed E-state index contributed by atoms with van der Waals surface area (Å²) in [5.41, 5.74) is 11.9. The summed E-state index contributed by atoms with van der Waals surface area (Å²) in [6.45, 7) is -0.176. The van der Waals surface area contributed by atoms with Crippen LogP contribution in [0.25, 0.3) is 0 Å². The van der Waals surface area contributed by atoms with E-state index >= 15 is 0 Å². The van der Waals surface area contributed by atoms with Gasteiger partial charge in [-0.15, -0.1) is 0 Å². The average molecular weight is 163 g/mol. The lowest BCUT2D eigenvalue weighted by molar-refractivity contribution is 0.350. The molecule has 0 aromatic carbocycles. The fourth-order valence-electron chi connectivity index (χ4n) is 0.702. The number of nitrogens with zero attached hydrogens (tertiary/aromatic N) is 1. The fraction of sp³-hybridized carbons (Fsp3) is 0.125. The highest BCUT2D eigenvalue weighted by Crippen LogP contribution is 2.10. The zero-order valence-electron chi connectivity index (χ0n) is 6.41. The average Bonchev–Trinajstić information content (AvgIpc) is 2.07. The van der Waals surface area contributed by atoms with Crippen molar-refractivity contribution in [3.8, 4) is 11.8 Å². The number of aromatic nitrogens is 1. The molecule has 0 fully saturated rings. The van der Waals surface area contributed by atoms with Crippen molar-refractivity contribution < 1.29 is 5.11 Å². The zero-order valence-corrected chi connectivity index (χ0v) is 6.41. The highest BCUT2D eigenvalue weighted by molar-refractivity contribution is 5.60. The molecule has 12 heavy (non-hydrogen) atoms. The monoisotopic (exact) mass is 163 g/mol. The van der Waals surface area contributed by atoms with Gasteiger partial charge in [0.1, 0.15) is 12.4 Å². The van der Waals surface area contributed by atoms with E-state index in [1.807, 2.05) is 0 Å². The number of nitrogens with two attached hydrogens (primary N) is 2. The Morgan fingerprint density at radius 1 is 1.50 bits per heavy atom. The molecular weight excluding hydrogens is 154 g/mol. The van der Waals surface area contributed by atoms with Crippen LogP contribution in [0.15, 0.2) is 12.3 Å². The van der Waals surface area contributed by atoms with E-state index in [0.29, 0.717) is 17.1 Å². The van der Waals surface area contributed by atoms with Crippen LogP contribution in [0, 0.1) is 11.8 Å². The zero-order chi connectivity index (χ0) is 8.97. The van der Waals surface area contributed by atoms with E-state index in [2.05, 4.69) is 16.8 Å². The van der Waals surface area contributed by atoms with Gasteiger partial charge in [-0.3, -0.25) is 0 Å². The van der Waals surface area contributed by atoms with Crippen LogP contribution < -0.4 is 11.5 Å². The lowest BCUT2D eigenvalue weighted by Crippen LogP contribution is -1.97. The van der Waals surface area contributed by atoms with Gasteiger partial charge in [-0.2, -0.15) is 0 Å². The maximum atomic E-state index is 8.40. The van der Waals surface area contributed by atoms with E-state index in [-0.39, 0.29) is 6.61 Å². The first kappa shape index (κ1) is 8.37. The van der Waals surface area contributed by atoms with Crippen molar-refractivity contribution in [2.75, 3.05) is 18.1 Å². The molecule has 0 atom stereocenters. The van der Waals surface area contributed by atoms with Gasteiger partial charge in [0.25, 0.3) is 0 Å². The second-order valence-corrected chi connectivity index (χ2v) is 2.16. The third-order valence-electron chi connectivity index (χ3n) is 1.26. The maximum absolute atomic E-state index is 8.40. The summed E-state index contributed by atoms with van der Waals surface area (Å²) in [5.74, 6) is 5.44. The molecule has 0 bridgehead atoms. The maximum Gasteiger partial charge on any atom is 0.146 e. The van der Waals surface area contributed by atoms with Crippen molar-refractivity contribution in [1.82, 2.24) is 4.98 Å². The molecule has 0 aliphatic heterocycles. The molecule has 0 aliphatic carbocycles. The normalized spacial score (nSPS) is 8.75. The van der Waals surface area contributed by atoms with Crippen molar-refractivity contribution in [2.24, 2.45) is 0 Å². The quantitative estimate of drug-likeness (QED) is 0.454. The molecule has 4 nitrogen and oxygen atoms in total. The second-order valence-electron chi connectivity index (χ2n) is 2.16. The Morgan fingerprint density at radius 2 is 2.25 bits per heavy atom. The number of hydrogen-bond donors (Lipinski definition) is 3. The Bertz CT molecular complexity index is 338. The molecular formula is C8H9N3O. The van der Waals surface area contributed by atoms with Gasteiger partial charge in [0.15, 0.2) is 0 Å². The standard InChI is InChI=1S/C8H9N3O/c9-7-4-6(2-1-3-12)5-11-8(7)10/h4-5,12H,3,9H2,(H2,10,11). The van der Waals surface area contributed by atoms with E-state index in [0.717, 1.165) is 0 Å². The van der Waals surface area contributed by atoms with Crippen LogP contribution in [0.1, 0.15) is 5.56 Å². The molecule has 0 amide bonds. The number of hydrogen-bond acceptors (Lipinski definition) is 4. The summed E-state index contributed by atoms with van der Waals surface area (Å²) in [4.78, 5) is 3.80. The summed E-state index contributed by atoms with van der Waals surface area (Å²) in [6, 6.07) is 1.62. The van der Waals surface area contributed by atoms with Gasteiger partial charge in [-0.05, 0) is 6.07 Å². The van der Waals surface area contributed by atoms with E-state index in [4.69, 9.17) is 16.6 Å². The molecule has 1 aromatic rings. The van der Waals surface area contributed by atoms with Crippen LogP contribution in [0.4, 0.5) is 11.5 Å². The molecule has 1 aromatic heterocycles. The summed E-state index contributed by atoms with van der Waals surface area (Å²) in [6.07, 6.45) is 1.51. The highest BCUT2D eigenvalue weighted by Gasteiger charge is 1.94. The number of nitrogen functional groups attached to an aromatic ring is 2. The van der Waals surface area contributed by atoms with Crippen LogP contribution in [0.2, 0.25) is 0 Å². The fourth-order valence-corrected chi connectivity index (χ4v) is 0.702. The summed E-state index contributed by atoms with van der Waals surface area (Å²) in [5, 5.41) is 8.40. The molecule has 1 heterocycles. The Kier molecular flexibility index (Phi) is 2.51. The third-order valence-corrected chi connectivity index (χ3v) is 1.26.